The van der Waals surface area contributed by atoms with Crippen molar-refractivity contribution in [1.29, 1.82) is 0 Å². The van der Waals surface area contributed by atoms with Crippen LogP contribution in [0.3, 0.4) is 0 Å². The van der Waals surface area contributed by atoms with Crippen LogP contribution in [0, 0.1) is 0 Å². The first-order chi connectivity index (χ1) is 9.17. The Kier molecular flexibility index (Phi) is 4.35. The van der Waals surface area contributed by atoms with Crippen LogP contribution in [0.5, 0.6) is 5.75 Å². The van der Waals surface area contributed by atoms with Gasteiger partial charge in [-0.3, -0.25) is 4.79 Å². The molecule has 0 atom stereocenters. The zero-order valence-electron chi connectivity index (χ0n) is 11.3. The summed E-state index contributed by atoms with van der Waals surface area (Å²) in [6.45, 7) is 1.62. The minimum absolute atomic E-state index is 0.195. The fourth-order valence-electron chi connectivity index (χ4n) is 2.08. The van der Waals surface area contributed by atoms with E-state index < -0.39 is 0 Å². The molecule has 19 heavy (non-hydrogen) atoms. The van der Waals surface area contributed by atoms with Crippen molar-refractivity contribution >= 4 is 5.78 Å². The summed E-state index contributed by atoms with van der Waals surface area (Å²) in [6.07, 6.45) is 1.39. The maximum Gasteiger partial charge on any atom is 0.134 e. The van der Waals surface area contributed by atoms with E-state index in [9.17, 15) is 4.79 Å². The third-order valence-corrected chi connectivity index (χ3v) is 3.02. The monoisotopic (exact) mass is 254 g/mol. The smallest absolute Gasteiger partial charge is 0.134 e. The van der Waals surface area contributed by atoms with Gasteiger partial charge in [-0.25, -0.2) is 0 Å². The van der Waals surface area contributed by atoms with Crippen molar-refractivity contribution in [2.75, 3.05) is 7.11 Å². The van der Waals surface area contributed by atoms with Gasteiger partial charge in [-0.05, 0) is 42.2 Å². The molecular formula is C17H18O2. The number of ether oxygens (including phenoxy) is 1. The van der Waals surface area contributed by atoms with Gasteiger partial charge in [0.1, 0.15) is 11.5 Å². The van der Waals surface area contributed by atoms with E-state index in [1.165, 1.54) is 11.1 Å². The Labute approximate surface area is 114 Å². The molecule has 0 radical (unpaired) electrons. The molecule has 0 aliphatic rings. The van der Waals surface area contributed by atoms with Crippen LogP contribution in [0.2, 0.25) is 0 Å². The number of Topliss-reactive ketones (excluding diaryl/α,β-unsaturated/α-hetero) is 1. The largest absolute Gasteiger partial charge is 0.497 e. The van der Waals surface area contributed by atoms with E-state index in [0.717, 1.165) is 17.7 Å². The van der Waals surface area contributed by atoms with Crippen molar-refractivity contribution in [3.63, 3.8) is 0 Å². The van der Waals surface area contributed by atoms with Gasteiger partial charge in [0.2, 0.25) is 0 Å². The van der Waals surface area contributed by atoms with Crippen LogP contribution in [-0.4, -0.2) is 12.9 Å². The van der Waals surface area contributed by atoms with E-state index in [1.807, 2.05) is 30.3 Å². The van der Waals surface area contributed by atoms with Crippen LogP contribution in [0.15, 0.2) is 48.5 Å². The average Bonchev–Trinajstić information content (AvgIpc) is 2.41. The minimum Gasteiger partial charge on any atom is -0.497 e. The Hall–Kier alpha value is -2.09. The molecule has 0 fully saturated rings. The summed E-state index contributed by atoms with van der Waals surface area (Å²) in [5.41, 5.74) is 3.53. The fourth-order valence-corrected chi connectivity index (χ4v) is 2.08. The van der Waals surface area contributed by atoms with Gasteiger partial charge in [-0.15, -0.1) is 0 Å². The molecule has 0 heterocycles. The second kappa shape index (κ2) is 6.19. The molecule has 0 aromatic heterocycles. The van der Waals surface area contributed by atoms with Crippen LogP contribution >= 0.6 is 0 Å². The molecule has 0 unspecified atom stereocenters. The summed E-state index contributed by atoms with van der Waals surface area (Å²) in [6, 6.07) is 16.3. The van der Waals surface area contributed by atoms with Gasteiger partial charge in [0, 0.05) is 6.42 Å². The van der Waals surface area contributed by atoms with Crippen LogP contribution in [0.1, 0.15) is 23.6 Å². The lowest BCUT2D eigenvalue weighted by Gasteiger charge is -2.06. The van der Waals surface area contributed by atoms with Crippen LogP contribution in [0.25, 0.3) is 0 Å². The highest BCUT2D eigenvalue weighted by Crippen LogP contribution is 2.16. The van der Waals surface area contributed by atoms with E-state index in [4.69, 9.17) is 4.74 Å². The predicted octanol–water partition coefficient (Wildman–Crippen LogP) is 3.42. The van der Waals surface area contributed by atoms with Crippen molar-refractivity contribution < 1.29 is 9.53 Å². The summed E-state index contributed by atoms with van der Waals surface area (Å²) >= 11 is 0. The first kappa shape index (κ1) is 13.3. The van der Waals surface area contributed by atoms with Crippen molar-refractivity contribution in [1.82, 2.24) is 0 Å². The Morgan fingerprint density at radius 3 is 2.32 bits per heavy atom. The number of ketones is 1. The lowest BCUT2D eigenvalue weighted by molar-refractivity contribution is -0.116. The first-order valence-corrected chi connectivity index (χ1v) is 6.37. The molecule has 0 spiro atoms. The van der Waals surface area contributed by atoms with Gasteiger partial charge < -0.3 is 4.74 Å². The Balaban J connectivity index is 2.08. The summed E-state index contributed by atoms with van der Waals surface area (Å²) in [5.74, 6) is 1.08. The maximum absolute atomic E-state index is 11.0. The summed E-state index contributed by atoms with van der Waals surface area (Å²) in [4.78, 5) is 11.0. The molecule has 2 rings (SSSR count). The number of hydrogen-bond donors (Lipinski definition) is 0. The lowest BCUT2D eigenvalue weighted by atomic mass is 10.0. The van der Waals surface area contributed by atoms with Gasteiger partial charge in [0.05, 0.1) is 7.11 Å². The number of carbonyl (C=O) groups excluding carboxylic acids is 1. The number of hydrogen-bond acceptors (Lipinski definition) is 2. The van der Waals surface area contributed by atoms with Crippen LogP contribution < -0.4 is 4.74 Å². The van der Waals surface area contributed by atoms with Gasteiger partial charge in [-0.2, -0.15) is 0 Å². The molecule has 0 amide bonds. The molecule has 0 saturated heterocycles. The Morgan fingerprint density at radius 1 is 1.00 bits per heavy atom. The molecule has 2 heteroatoms. The van der Waals surface area contributed by atoms with E-state index in [1.54, 1.807) is 14.0 Å². The highest BCUT2D eigenvalue weighted by Gasteiger charge is 2.00. The summed E-state index contributed by atoms with van der Waals surface area (Å²) in [7, 11) is 1.68. The number of carbonyl (C=O) groups is 1. The van der Waals surface area contributed by atoms with E-state index in [-0.39, 0.29) is 5.78 Å². The Bertz CT molecular complexity index is 556. The topological polar surface area (TPSA) is 26.3 Å². The molecule has 0 bridgehead atoms. The molecule has 0 N–H and O–H groups in total. The first-order valence-electron chi connectivity index (χ1n) is 6.37. The third-order valence-electron chi connectivity index (χ3n) is 3.02. The minimum atomic E-state index is 0.195. The number of benzene rings is 2. The molecule has 2 aromatic rings. The van der Waals surface area contributed by atoms with Crippen LogP contribution in [0.4, 0.5) is 0 Å². The second-order valence-corrected chi connectivity index (χ2v) is 4.72. The molecule has 2 nitrogen and oxygen atoms in total. The van der Waals surface area contributed by atoms with Gasteiger partial charge in [0.15, 0.2) is 0 Å². The molecule has 0 aliphatic carbocycles. The lowest BCUT2D eigenvalue weighted by Crippen LogP contribution is -1.96. The number of methoxy groups -OCH3 is 1. The van der Waals surface area contributed by atoms with Crippen molar-refractivity contribution in [3.8, 4) is 5.75 Å². The molecule has 0 saturated carbocycles. The zero-order chi connectivity index (χ0) is 13.7. The fraction of sp³-hybridized carbons (Fsp3) is 0.235. The predicted molar refractivity (Wildman–Crippen MR) is 76.6 cm³/mol. The molecule has 98 valence electrons. The number of rotatable bonds is 5. The molecule has 0 aliphatic heterocycles. The zero-order valence-corrected chi connectivity index (χ0v) is 11.3. The highest BCUT2D eigenvalue weighted by molar-refractivity contribution is 5.78. The Morgan fingerprint density at radius 2 is 1.68 bits per heavy atom. The van der Waals surface area contributed by atoms with Gasteiger partial charge >= 0.3 is 0 Å². The second-order valence-electron chi connectivity index (χ2n) is 4.72. The van der Waals surface area contributed by atoms with Crippen LogP contribution in [-0.2, 0) is 17.6 Å². The van der Waals surface area contributed by atoms with E-state index in [2.05, 4.69) is 18.2 Å². The normalized spacial score (nSPS) is 10.2. The van der Waals surface area contributed by atoms with Crippen molar-refractivity contribution in [2.45, 2.75) is 19.8 Å². The van der Waals surface area contributed by atoms with E-state index in [0.29, 0.717) is 6.42 Å². The summed E-state index contributed by atoms with van der Waals surface area (Å²) in [5, 5.41) is 0. The van der Waals surface area contributed by atoms with Crippen molar-refractivity contribution in [2.24, 2.45) is 0 Å². The van der Waals surface area contributed by atoms with Gasteiger partial charge in [-0.1, -0.05) is 36.4 Å². The van der Waals surface area contributed by atoms with Gasteiger partial charge in [0.25, 0.3) is 0 Å². The maximum atomic E-state index is 11.0. The average molecular weight is 254 g/mol. The molecule has 2 aromatic carbocycles. The highest BCUT2D eigenvalue weighted by atomic mass is 16.5. The molecular weight excluding hydrogens is 236 g/mol. The standard InChI is InChI=1S/C17H18O2/c1-13(18)10-14-6-8-15(9-7-14)11-16-4-3-5-17(12-16)19-2/h3-9,12H,10-11H2,1-2H3. The van der Waals surface area contributed by atoms with E-state index >= 15 is 0 Å². The quantitative estimate of drug-likeness (QED) is 0.817. The van der Waals surface area contributed by atoms with Crippen molar-refractivity contribution in [3.05, 3.63) is 65.2 Å². The SMILES string of the molecule is COc1cccc(Cc2ccc(CC(C)=O)cc2)c1. The third kappa shape index (κ3) is 3.95. The summed E-state index contributed by atoms with van der Waals surface area (Å²) < 4.78 is 5.22.